The Kier molecular flexibility index (Phi) is 3.88. The van der Waals surface area contributed by atoms with Crippen LogP contribution in [0.1, 0.15) is 21.5 Å². The molecule has 2 N–H and O–H groups in total. The van der Waals surface area contributed by atoms with Gasteiger partial charge < -0.3 is 4.90 Å². The number of aryl methyl sites for hydroxylation is 1. The summed E-state index contributed by atoms with van der Waals surface area (Å²) in [5.74, 6) is -0.852. The van der Waals surface area contributed by atoms with E-state index in [9.17, 15) is 14.4 Å². The molecule has 0 atom stereocenters. The molecule has 0 spiro atoms. The molecule has 0 unspecified atom stereocenters. The van der Waals surface area contributed by atoms with Crippen LogP contribution in [0.25, 0.3) is 11.6 Å². The first kappa shape index (κ1) is 16.8. The maximum atomic E-state index is 13.0. The molecule has 0 radical (unpaired) electrons. The minimum absolute atomic E-state index is 0.0482. The smallest absolute Gasteiger partial charge is 0.271 e. The SMILES string of the molecule is Cc1ccc(/C=c2\c(=O)[nH][nH]\c2=C2/C(=O)c3ccccc3N(C)C2=O)cc1. The highest BCUT2D eigenvalue weighted by Gasteiger charge is 2.33. The van der Waals surface area contributed by atoms with E-state index in [4.69, 9.17) is 0 Å². The van der Waals surface area contributed by atoms with Gasteiger partial charge in [0.05, 0.1) is 16.3 Å². The molecule has 1 aliphatic rings. The van der Waals surface area contributed by atoms with Crippen LogP contribution in [0, 0.1) is 6.92 Å². The molecule has 2 aromatic carbocycles. The predicted octanol–water partition coefficient (Wildman–Crippen LogP) is 0.850. The Morgan fingerprint density at radius 3 is 2.37 bits per heavy atom. The molecule has 1 amide bonds. The molecular weight excluding hydrogens is 342 g/mol. The zero-order valence-corrected chi connectivity index (χ0v) is 14.9. The van der Waals surface area contributed by atoms with Crippen LogP contribution in [0.15, 0.2) is 53.3 Å². The number of ketones is 1. The summed E-state index contributed by atoms with van der Waals surface area (Å²) >= 11 is 0. The van der Waals surface area contributed by atoms with Gasteiger partial charge in [-0.15, -0.1) is 0 Å². The fraction of sp³-hybridized carbons (Fsp3) is 0.0952. The number of Topliss-reactive ketones (excluding diaryl/α,β-unsaturated/α-hetero) is 1. The van der Waals surface area contributed by atoms with Crippen molar-refractivity contribution in [3.05, 3.63) is 86.1 Å². The minimum atomic E-state index is -0.451. The lowest BCUT2D eigenvalue weighted by Crippen LogP contribution is -2.44. The number of hydrogen-bond donors (Lipinski definition) is 2. The number of carbonyl (C=O) groups excluding carboxylic acids is 2. The molecule has 6 heteroatoms. The Morgan fingerprint density at radius 1 is 0.926 bits per heavy atom. The van der Waals surface area contributed by atoms with Gasteiger partial charge >= 0.3 is 0 Å². The third-order valence-electron chi connectivity index (χ3n) is 4.71. The molecule has 3 aromatic rings. The molecule has 4 rings (SSSR count). The van der Waals surface area contributed by atoms with Crippen LogP contribution < -0.4 is 21.0 Å². The molecule has 0 fully saturated rings. The van der Waals surface area contributed by atoms with Crippen molar-refractivity contribution in [1.29, 1.82) is 0 Å². The summed E-state index contributed by atoms with van der Waals surface area (Å²) in [5, 5.41) is 5.66. The van der Waals surface area contributed by atoms with Crippen molar-refractivity contribution in [2.45, 2.75) is 6.92 Å². The van der Waals surface area contributed by atoms with Crippen molar-refractivity contribution >= 4 is 29.0 Å². The van der Waals surface area contributed by atoms with Crippen molar-refractivity contribution in [3.8, 4) is 0 Å². The van der Waals surface area contributed by atoms with Crippen LogP contribution in [-0.4, -0.2) is 28.9 Å². The first-order valence-electron chi connectivity index (χ1n) is 8.48. The molecular formula is C21H17N3O3. The van der Waals surface area contributed by atoms with Crippen LogP contribution in [0.2, 0.25) is 0 Å². The number of para-hydroxylation sites is 1. The Labute approximate surface area is 154 Å². The topological polar surface area (TPSA) is 86.0 Å². The number of benzene rings is 2. The summed E-state index contributed by atoms with van der Waals surface area (Å²) < 4.78 is 0. The molecule has 0 bridgehead atoms. The van der Waals surface area contributed by atoms with Gasteiger partial charge in [0.25, 0.3) is 11.5 Å². The molecule has 0 saturated carbocycles. The quantitative estimate of drug-likeness (QED) is 0.675. The predicted molar refractivity (Wildman–Crippen MR) is 103 cm³/mol. The summed E-state index contributed by atoms with van der Waals surface area (Å²) in [5.41, 5.74) is 2.45. The van der Waals surface area contributed by atoms with Gasteiger partial charge in [-0.3, -0.25) is 24.6 Å². The van der Waals surface area contributed by atoms with Gasteiger partial charge in [0, 0.05) is 12.6 Å². The van der Waals surface area contributed by atoms with E-state index in [1.165, 1.54) is 4.90 Å². The zero-order valence-electron chi connectivity index (χ0n) is 14.9. The van der Waals surface area contributed by atoms with Crippen molar-refractivity contribution in [1.82, 2.24) is 10.2 Å². The Hall–Kier alpha value is -3.67. The zero-order chi connectivity index (χ0) is 19.1. The first-order valence-corrected chi connectivity index (χ1v) is 8.48. The fourth-order valence-corrected chi connectivity index (χ4v) is 3.22. The highest BCUT2D eigenvalue weighted by molar-refractivity contribution is 6.51. The maximum absolute atomic E-state index is 13.0. The van der Waals surface area contributed by atoms with Crippen LogP contribution in [0.5, 0.6) is 0 Å². The average Bonchev–Trinajstić information content (AvgIpc) is 3.02. The monoisotopic (exact) mass is 359 g/mol. The van der Waals surface area contributed by atoms with E-state index in [1.54, 1.807) is 37.4 Å². The fourth-order valence-electron chi connectivity index (χ4n) is 3.22. The molecule has 6 nitrogen and oxygen atoms in total. The van der Waals surface area contributed by atoms with Gasteiger partial charge in [0.1, 0.15) is 5.57 Å². The van der Waals surface area contributed by atoms with E-state index in [0.29, 0.717) is 11.3 Å². The highest BCUT2D eigenvalue weighted by Crippen LogP contribution is 2.28. The van der Waals surface area contributed by atoms with E-state index in [0.717, 1.165) is 11.1 Å². The number of carbonyl (C=O) groups is 2. The maximum Gasteiger partial charge on any atom is 0.271 e. The number of nitrogens with zero attached hydrogens (tertiary/aromatic N) is 1. The molecule has 27 heavy (non-hydrogen) atoms. The van der Waals surface area contributed by atoms with E-state index >= 15 is 0 Å². The number of nitrogens with one attached hydrogen (secondary N) is 2. The van der Waals surface area contributed by atoms with Gasteiger partial charge in [-0.05, 0) is 30.7 Å². The highest BCUT2D eigenvalue weighted by atomic mass is 16.2. The van der Waals surface area contributed by atoms with Gasteiger partial charge in [0.15, 0.2) is 0 Å². The Bertz CT molecular complexity index is 1250. The molecule has 1 aromatic heterocycles. The van der Waals surface area contributed by atoms with Crippen LogP contribution >= 0.6 is 0 Å². The Morgan fingerprint density at radius 2 is 1.63 bits per heavy atom. The first-order chi connectivity index (χ1) is 13.0. The number of amides is 1. The molecule has 2 heterocycles. The third kappa shape index (κ3) is 2.71. The second-order valence-corrected chi connectivity index (χ2v) is 6.51. The van der Waals surface area contributed by atoms with Gasteiger partial charge in [-0.1, -0.05) is 42.0 Å². The number of anilines is 1. The second kappa shape index (κ2) is 6.25. The molecule has 0 aliphatic carbocycles. The minimum Gasteiger partial charge on any atom is -0.310 e. The largest absolute Gasteiger partial charge is 0.310 e. The van der Waals surface area contributed by atoms with Crippen LogP contribution in [0.4, 0.5) is 5.69 Å². The standard InChI is InChI=1S/C21H17N3O3/c1-12-7-9-13(10-8-12)11-15-18(22-23-20(15)26)17-19(25)14-5-3-4-6-16(14)24(2)21(17)27/h3-11,22H,1-2H3,(H,23,26)/b15-11-,18-17+. The molecule has 0 saturated heterocycles. The van der Waals surface area contributed by atoms with Crippen LogP contribution in [0.3, 0.4) is 0 Å². The number of aromatic amines is 2. The third-order valence-corrected chi connectivity index (χ3v) is 4.71. The van der Waals surface area contributed by atoms with E-state index in [2.05, 4.69) is 10.2 Å². The lowest BCUT2D eigenvalue weighted by Gasteiger charge is -2.25. The van der Waals surface area contributed by atoms with E-state index in [1.807, 2.05) is 31.2 Å². The lowest BCUT2D eigenvalue weighted by molar-refractivity contribution is -0.113. The molecule has 134 valence electrons. The summed E-state index contributed by atoms with van der Waals surface area (Å²) in [6, 6.07) is 14.5. The van der Waals surface area contributed by atoms with Gasteiger partial charge in [-0.2, -0.15) is 0 Å². The Balaban J connectivity index is 2.03. The van der Waals surface area contributed by atoms with Crippen molar-refractivity contribution in [2.75, 3.05) is 11.9 Å². The van der Waals surface area contributed by atoms with Crippen molar-refractivity contribution in [2.24, 2.45) is 0 Å². The number of aromatic nitrogens is 2. The number of rotatable bonds is 1. The number of H-pyrrole nitrogens is 2. The second-order valence-electron chi connectivity index (χ2n) is 6.51. The van der Waals surface area contributed by atoms with Crippen LogP contribution in [-0.2, 0) is 4.79 Å². The van der Waals surface area contributed by atoms with Gasteiger partial charge in [0.2, 0.25) is 5.78 Å². The van der Waals surface area contributed by atoms with Crippen molar-refractivity contribution < 1.29 is 9.59 Å². The summed E-state index contributed by atoms with van der Waals surface area (Å²) in [4.78, 5) is 39.6. The number of fused-ring (bicyclic) bond motifs is 1. The summed E-state index contributed by atoms with van der Waals surface area (Å²) in [6.07, 6.45) is 1.66. The summed E-state index contributed by atoms with van der Waals surface area (Å²) in [7, 11) is 1.61. The normalized spacial score (nSPS) is 16.7. The van der Waals surface area contributed by atoms with E-state index in [-0.39, 0.29) is 21.7 Å². The number of hydrogen-bond acceptors (Lipinski definition) is 3. The van der Waals surface area contributed by atoms with E-state index < -0.39 is 11.7 Å². The van der Waals surface area contributed by atoms with Crippen molar-refractivity contribution in [3.63, 3.8) is 0 Å². The average molecular weight is 359 g/mol. The molecule has 1 aliphatic heterocycles. The van der Waals surface area contributed by atoms with Gasteiger partial charge in [-0.25, -0.2) is 0 Å². The summed E-state index contributed by atoms with van der Waals surface area (Å²) in [6.45, 7) is 1.97. The lowest BCUT2D eigenvalue weighted by atomic mass is 9.95.